The Hall–Kier alpha value is -2.47. The zero-order valence-corrected chi connectivity index (χ0v) is 19.6. The molecule has 6 nitrogen and oxygen atoms in total. The van der Waals surface area contributed by atoms with Gasteiger partial charge in [0.15, 0.2) is 0 Å². The quantitative estimate of drug-likeness (QED) is 0.386. The van der Waals surface area contributed by atoms with E-state index in [0.29, 0.717) is 18.3 Å². The van der Waals surface area contributed by atoms with Crippen LogP contribution in [0, 0.1) is 11.6 Å². The van der Waals surface area contributed by atoms with Gasteiger partial charge in [-0.2, -0.15) is 4.31 Å². The van der Waals surface area contributed by atoms with Gasteiger partial charge in [0, 0.05) is 34.2 Å². The Morgan fingerprint density at radius 2 is 1.88 bits per heavy atom. The molecule has 0 atom stereocenters. The van der Waals surface area contributed by atoms with Gasteiger partial charge in [0.25, 0.3) is 0 Å². The number of halogens is 3. The van der Waals surface area contributed by atoms with Crippen molar-refractivity contribution in [2.24, 2.45) is 0 Å². The van der Waals surface area contributed by atoms with Gasteiger partial charge in [-0.05, 0) is 48.4 Å². The predicted octanol–water partition coefficient (Wildman–Crippen LogP) is 5.22. The van der Waals surface area contributed by atoms with E-state index in [9.17, 15) is 17.2 Å². The molecule has 32 heavy (non-hydrogen) atoms. The second-order valence-electron chi connectivity index (χ2n) is 7.20. The predicted molar refractivity (Wildman–Crippen MR) is 122 cm³/mol. The van der Waals surface area contributed by atoms with Gasteiger partial charge in [-0.1, -0.05) is 15.9 Å². The molecule has 0 unspecified atom stereocenters. The van der Waals surface area contributed by atoms with Gasteiger partial charge in [0.1, 0.15) is 33.5 Å². The third-order valence-corrected chi connectivity index (χ3v) is 8.75. The molecule has 0 saturated carbocycles. The van der Waals surface area contributed by atoms with Crippen LogP contribution in [0.2, 0.25) is 0 Å². The van der Waals surface area contributed by atoms with Crippen LogP contribution in [0.25, 0.3) is 10.2 Å². The Morgan fingerprint density at radius 3 is 2.62 bits per heavy atom. The molecule has 2 aromatic heterocycles. The lowest BCUT2D eigenvalue weighted by atomic mass is 10.1. The highest BCUT2D eigenvalue weighted by Gasteiger charge is 2.33. The standard InChI is InChI=1S/C21H15BrF2N4O2S2/c22-12-1-4-14(5-2-12)27-20-19-15-7-8-28(10-17(15)31-21(19)26-11-25-20)32(29,30)18-6-3-13(23)9-16(18)24/h1-6,9,11H,7-8,10H2,(H,25,26,27). The van der Waals surface area contributed by atoms with Crippen LogP contribution in [-0.2, 0) is 23.0 Å². The SMILES string of the molecule is O=S(=O)(c1ccc(F)cc1F)N1CCc2c(sc3ncnc(Nc4ccc(Br)cc4)c23)C1. The third kappa shape index (κ3) is 3.79. The van der Waals surface area contributed by atoms with Crippen LogP contribution in [0.4, 0.5) is 20.3 Å². The number of benzene rings is 2. The number of nitrogens with one attached hydrogen (secondary N) is 1. The minimum Gasteiger partial charge on any atom is -0.340 e. The molecule has 0 aliphatic carbocycles. The van der Waals surface area contributed by atoms with Gasteiger partial charge in [-0.15, -0.1) is 11.3 Å². The van der Waals surface area contributed by atoms with Crippen molar-refractivity contribution in [1.82, 2.24) is 14.3 Å². The zero-order valence-electron chi connectivity index (χ0n) is 16.3. The highest BCUT2D eigenvalue weighted by molar-refractivity contribution is 9.10. The molecule has 0 bridgehead atoms. The molecule has 1 aliphatic heterocycles. The number of thiophene rings is 1. The van der Waals surface area contributed by atoms with Crippen molar-refractivity contribution < 1.29 is 17.2 Å². The van der Waals surface area contributed by atoms with Crippen molar-refractivity contribution in [3.05, 3.63) is 75.3 Å². The lowest BCUT2D eigenvalue weighted by Crippen LogP contribution is -2.35. The summed E-state index contributed by atoms with van der Waals surface area (Å²) >= 11 is 4.80. The summed E-state index contributed by atoms with van der Waals surface area (Å²) < 4.78 is 55.6. The Kier molecular flexibility index (Phi) is 5.44. The number of fused-ring (bicyclic) bond motifs is 3. The first kappa shape index (κ1) is 21.4. The molecule has 2 aromatic carbocycles. The molecule has 0 radical (unpaired) electrons. The lowest BCUT2D eigenvalue weighted by molar-refractivity contribution is 0.393. The molecule has 5 rings (SSSR count). The summed E-state index contributed by atoms with van der Waals surface area (Å²) in [6.07, 6.45) is 1.90. The normalized spacial score (nSPS) is 14.5. The largest absolute Gasteiger partial charge is 0.340 e. The van der Waals surface area contributed by atoms with E-state index in [1.54, 1.807) is 0 Å². The summed E-state index contributed by atoms with van der Waals surface area (Å²) in [5.74, 6) is -1.27. The van der Waals surface area contributed by atoms with E-state index in [4.69, 9.17) is 0 Å². The fourth-order valence-electron chi connectivity index (χ4n) is 3.70. The maximum Gasteiger partial charge on any atom is 0.246 e. The van der Waals surface area contributed by atoms with Gasteiger partial charge < -0.3 is 5.32 Å². The van der Waals surface area contributed by atoms with Crippen LogP contribution in [0.1, 0.15) is 10.4 Å². The van der Waals surface area contributed by atoms with Gasteiger partial charge in [-0.3, -0.25) is 0 Å². The van der Waals surface area contributed by atoms with Crippen molar-refractivity contribution in [1.29, 1.82) is 0 Å². The number of rotatable bonds is 4. The maximum atomic E-state index is 14.2. The fraction of sp³-hybridized carbons (Fsp3) is 0.143. The molecule has 11 heteroatoms. The van der Waals surface area contributed by atoms with Crippen molar-refractivity contribution in [2.45, 2.75) is 17.9 Å². The molecule has 3 heterocycles. The van der Waals surface area contributed by atoms with Crippen molar-refractivity contribution in [2.75, 3.05) is 11.9 Å². The first-order valence-corrected chi connectivity index (χ1v) is 12.6. The summed E-state index contributed by atoms with van der Waals surface area (Å²) in [5, 5.41) is 4.17. The van der Waals surface area contributed by atoms with E-state index >= 15 is 0 Å². The smallest absolute Gasteiger partial charge is 0.246 e. The second kappa shape index (κ2) is 8.14. The molecular formula is C21H15BrF2N4O2S2. The Bertz CT molecular complexity index is 1440. The van der Waals surface area contributed by atoms with Gasteiger partial charge in [-0.25, -0.2) is 27.2 Å². The van der Waals surface area contributed by atoms with Gasteiger partial charge >= 0.3 is 0 Å². The molecule has 0 saturated heterocycles. The number of sulfonamides is 1. The molecule has 4 aromatic rings. The summed E-state index contributed by atoms with van der Waals surface area (Å²) in [4.78, 5) is 9.81. The number of hydrogen-bond acceptors (Lipinski definition) is 6. The molecule has 0 fully saturated rings. The fourth-order valence-corrected chi connectivity index (χ4v) is 6.70. The number of anilines is 2. The number of hydrogen-bond donors (Lipinski definition) is 1. The topological polar surface area (TPSA) is 75.2 Å². The van der Waals surface area contributed by atoms with Crippen molar-refractivity contribution >= 4 is 59.0 Å². The summed E-state index contributed by atoms with van der Waals surface area (Å²) in [7, 11) is -4.11. The first-order valence-electron chi connectivity index (χ1n) is 9.56. The number of nitrogens with zero attached hydrogens (tertiary/aromatic N) is 3. The van der Waals surface area contributed by atoms with Gasteiger partial charge in [0.05, 0.1) is 5.39 Å². The Labute approximate surface area is 195 Å². The van der Waals surface area contributed by atoms with Crippen LogP contribution in [0.3, 0.4) is 0 Å². The molecule has 0 spiro atoms. The maximum absolute atomic E-state index is 14.2. The zero-order chi connectivity index (χ0) is 22.5. The molecular weight excluding hydrogens is 522 g/mol. The average Bonchev–Trinajstić information content (AvgIpc) is 3.14. The minimum atomic E-state index is -4.11. The van der Waals surface area contributed by atoms with E-state index in [2.05, 4.69) is 31.2 Å². The van der Waals surface area contributed by atoms with Gasteiger partial charge in [0.2, 0.25) is 10.0 Å². The Balaban J connectivity index is 1.50. The highest BCUT2D eigenvalue weighted by Crippen LogP contribution is 2.39. The van der Waals surface area contributed by atoms with Crippen molar-refractivity contribution in [3.8, 4) is 0 Å². The van der Waals surface area contributed by atoms with Crippen LogP contribution < -0.4 is 5.32 Å². The van der Waals surface area contributed by atoms with E-state index in [1.807, 2.05) is 24.3 Å². The van der Waals surface area contributed by atoms with E-state index < -0.39 is 26.6 Å². The highest BCUT2D eigenvalue weighted by atomic mass is 79.9. The monoisotopic (exact) mass is 536 g/mol. The van der Waals surface area contributed by atoms with Crippen molar-refractivity contribution in [3.63, 3.8) is 0 Å². The molecule has 1 aliphatic rings. The second-order valence-corrected chi connectivity index (χ2v) is 11.1. The molecule has 0 amide bonds. The summed E-state index contributed by atoms with van der Waals surface area (Å²) in [5.41, 5.74) is 1.84. The van der Waals surface area contributed by atoms with Crippen LogP contribution >= 0.6 is 27.3 Å². The first-order chi connectivity index (χ1) is 15.3. The van der Waals surface area contributed by atoms with E-state index in [0.717, 1.165) is 43.0 Å². The number of aromatic nitrogens is 2. The van der Waals surface area contributed by atoms with Crippen LogP contribution in [-0.4, -0.2) is 29.2 Å². The molecule has 164 valence electrons. The summed E-state index contributed by atoms with van der Waals surface area (Å²) in [6.45, 7) is 0.262. The minimum absolute atomic E-state index is 0.0905. The summed E-state index contributed by atoms with van der Waals surface area (Å²) in [6, 6.07) is 10.2. The third-order valence-electron chi connectivity index (χ3n) is 5.22. The molecule has 1 N–H and O–H groups in total. The Morgan fingerprint density at radius 1 is 1.09 bits per heavy atom. The van der Waals surface area contributed by atoms with Crippen LogP contribution in [0.5, 0.6) is 0 Å². The van der Waals surface area contributed by atoms with E-state index in [1.165, 1.54) is 22.0 Å². The lowest BCUT2D eigenvalue weighted by Gasteiger charge is -2.26. The van der Waals surface area contributed by atoms with E-state index in [-0.39, 0.29) is 13.1 Å². The van der Waals surface area contributed by atoms with Crippen LogP contribution in [0.15, 0.2) is 58.2 Å². The average molecular weight is 537 g/mol.